The number of halogens is 2. The number of carbonyl (C=O) groups is 3. The molecule has 7 nitrogen and oxygen atoms in total. The van der Waals surface area contributed by atoms with E-state index in [1.54, 1.807) is 6.92 Å². The Morgan fingerprint density at radius 2 is 1.63 bits per heavy atom. The van der Waals surface area contributed by atoms with E-state index in [0.29, 0.717) is 26.8 Å². The molecule has 0 atom stereocenters. The van der Waals surface area contributed by atoms with Gasteiger partial charge in [0, 0.05) is 4.47 Å². The second-order valence-corrected chi connectivity index (χ2v) is 12.7. The standard InChI is InChI=1S/C29H28Br2N2O5/c1-2-38-22-11-18(23(30)24(31)25(22)34)10-21-26(35)32-28(37)33(27(21)36)20-5-3-19(4-6-20)29-12-15-7-16(13-29)9-17(8-15)14-29/h3-6,10-11,15-17,34H,2,7-9,12-14H2,1H3,(H,32,35,37)/b21-10+. The van der Waals surface area contributed by atoms with Crippen molar-refractivity contribution in [3.05, 3.63) is 56.0 Å². The molecule has 1 aliphatic heterocycles. The highest BCUT2D eigenvalue weighted by Crippen LogP contribution is 2.60. The van der Waals surface area contributed by atoms with Gasteiger partial charge in [-0.1, -0.05) is 12.1 Å². The van der Waals surface area contributed by atoms with E-state index >= 15 is 0 Å². The summed E-state index contributed by atoms with van der Waals surface area (Å²) in [5.41, 5.74) is 2.15. The van der Waals surface area contributed by atoms with Crippen molar-refractivity contribution in [2.75, 3.05) is 11.5 Å². The lowest BCUT2D eigenvalue weighted by Crippen LogP contribution is -2.54. The fourth-order valence-corrected chi connectivity index (χ4v) is 8.30. The Hall–Kier alpha value is -2.65. The molecule has 5 fully saturated rings. The first-order valence-corrected chi connectivity index (χ1v) is 14.6. The number of carbonyl (C=O) groups excluding carboxylic acids is 3. The van der Waals surface area contributed by atoms with Crippen molar-refractivity contribution in [1.82, 2.24) is 5.32 Å². The molecule has 4 saturated carbocycles. The van der Waals surface area contributed by atoms with E-state index in [0.717, 1.165) is 22.7 Å². The summed E-state index contributed by atoms with van der Waals surface area (Å²) in [7, 11) is 0. The van der Waals surface area contributed by atoms with E-state index in [9.17, 15) is 19.5 Å². The molecule has 0 spiro atoms. The number of hydrogen-bond acceptors (Lipinski definition) is 5. The van der Waals surface area contributed by atoms with Crippen LogP contribution in [0.3, 0.4) is 0 Å². The molecular weight excluding hydrogens is 616 g/mol. The minimum atomic E-state index is -0.782. The molecule has 9 heteroatoms. The smallest absolute Gasteiger partial charge is 0.335 e. The third-order valence-corrected chi connectivity index (χ3v) is 10.8. The highest BCUT2D eigenvalue weighted by atomic mass is 79.9. The lowest BCUT2D eigenvalue weighted by molar-refractivity contribution is -0.122. The zero-order valence-electron chi connectivity index (χ0n) is 20.9. The van der Waals surface area contributed by atoms with Crippen LogP contribution >= 0.6 is 31.9 Å². The summed E-state index contributed by atoms with van der Waals surface area (Å²) in [4.78, 5) is 40.0. The number of urea groups is 1. The highest BCUT2D eigenvalue weighted by molar-refractivity contribution is 9.13. The maximum Gasteiger partial charge on any atom is 0.335 e. The van der Waals surface area contributed by atoms with Crippen molar-refractivity contribution in [3.63, 3.8) is 0 Å². The lowest BCUT2D eigenvalue weighted by atomic mass is 9.48. The third kappa shape index (κ3) is 4.18. The Labute approximate surface area is 237 Å². The zero-order valence-corrected chi connectivity index (χ0v) is 24.1. The van der Waals surface area contributed by atoms with Gasteiger partial charge in [-0.25, -0.2) is 9.69 Å². The van der Waals surface area contributed by atoms with Crippen molar-refractivity contribution >= 4 is 61.5 Å². The summed E-state index contributed by atoms with van der Waals surface area (Å²) in [6, 6.07) is 8.51. The quantitative estimate of drug-likeness (QED) is 0.288. The Morgan fingerprint density at radius 3 is 2.21 bits per heavy atom. The van der Waals surface area contributed by atoms with Crippen LogP contribution in [0, 0.1) is 17.8 Å². The Bertz CT molecular complexity index is 1350. The molecule has 5 aliphatic rings. The molecule has 1 heterocycles. The van der Waals surface area contributed by atoms with Gasteiger partial charge < -0.3 is 9.84 Å². The Balaban J connectivity index is 1.31. The number of amides is 4. The summed E-state index contributed by atoms with van der Waals surface area (Å²) >= 11 is 6.71. The maximum atomic E-state index is 13.5. The summed E-state index contributed by atoms with van der Waals surface area (Å²) in [5.74, 6) is 1.05. The monoisotopic (exact) mass is 642 g/mol. The molecule has 4 bridgehead atoms. The number of hydrogen-bond donors (Lipinski definition) is 2. The summed E-state index contributed by atoms with van der Waals surface area (Å²) in [6.07, 6.45) is 9.16. The second-order valence-electron chi connectivity index (χ2n) is 11.1. The first-order valence-electron chi connectivity index (χ1n) is 13.0. The number of ether oxygens (including phenoxy) is 1. The number of anilines is 1. The average Bonchev–Trinajstić information content (AvgIpc) is 2.87. The average molecular weight is 644 g/mol. The van der Waals surface area contributed by atoms with Gasteiger partial charge >= 0.3 is 6.03 Å². The summed E-state index contributed by atoms with van der Waals surface area (Å²) in [6.45, 7) is 2.10. The minimum Gasteiger partial charge on any atom is -0.503 e. The number of nitrogens with one attached hydrogen (secondary N) is 1. The van der Waals surface area contributed by atoms with Gasteiger partial charge in [0.25, 0.3) is 11.8 Å². The number of benzene rings is 2. The molecular formula is C29H28Br2N2O5. The molecule has 7 rings (SSSR count). The molecule has 0 aromatic heterocycles. The number of imide groups is 2. The summed E-state index contributed by atoms with van der Waals surface area (Å²) in [5, 5.41) is 12.6. The van der Waals surface area contributed by atoms with E-state index in [1.165, 1.54) is 56.2 Å². The third-order valence-electron chi connectivity index (χ3n) is 8.65. The topological polar surface area (TPSA) is 95.9 Å². The second kappa shape index (κ2) is 9.52. The molecule has 1 saturated heterocycles. The van der Waals surface area contributed by atoms with Crippen LogP contribution in [0.15, 0.2) is 44.9 Å². The van der Waals surface area contributed by atoms with Crippen LogP contribution in [0.1, 0.15) is 56.6 Å². The predicted molar refractivity (Wildman–Crippen MR) is 150 cm³/mol. The van der Waals surface area contributed by atoms with Crippen molar-refractivity contribution in [2.45, 2.75) is 50.9 Å². The highest BCUT2D eigenvalue weighted by Gasteiger charge is 2.51. The Kier molecular flexibility index (Phi) is 6.42. The van der Waals surface area contributed by atoms with Crippen molar-refractivity contribution in [3.8, 4) is 11.5 Å². The van der Waals surface area contributed by atoms with Crippen molar-refractivity contribution < 1.29 is 24.2 Å². The van der Waals surface area contributed by atoms with Gasteiger partial charge in [0.15, 0.2) is 11.5 Å². The zero-order chi connectivity index (χ0) is 26.8. The number of nitrogens with zero attached hydrogens (tertiary/aromatic N) is 1. The molecule has 198 valence electrons. The normalized spacial score (nSPS) is 29.2. The van der Waals surface area contributed by atoms with E-state index in [-0.39, 0.29) is 22.5 Å². The number of barbiturate groups is 1. The predicted octanol–water partition coefficient (Wildman–Crippen LogP) is 6.45. The number of aromatic hydroxyl groups is 1. The molecule has 2 N–H and O–H groups in total. The van der Waals surface area contributed by atoms with Gasteiger partial charge in [-0.05, 0) is 136 Å². The number of rotatable bonds is 5. The van der Waals surface area contributed by atoms with E-state index in [4.69, 9.17) is 4.74 Å². The molecule has 4 amide bonds. The van der Waals surface area contributed by atoms with Gasteiger partial charge in [-0.15, -0.1) is 0 Å². The largest absolute Gasteiger partial charge is 0.503 e. The van der Waals surface area contributed by atoms with Crippen LogP contribution < -0.4 is 15.0 Å². The maximum absolute atomic E-state index is 13.5. The number of phenolic OH excluding ortho intramolecular Hbond substituents is 1. The van der Waals surface area contributed by atoms with E-state index in [2.05, 4.69) is 49.3 Å². The van der Waals surface area contributed by atoms with Crippen LogP contribution in [0.2, 0.25) is 0 Å². The number of phenols is 1. The van der Waals surface area contributed by atoms with Crippen LogP contribution in [-0.2, 0) is 15.0 Å². The van der Waals surface area contributed by atoms with Crippen LogP contribution in [-0.4, -0.2) is 29.6 Å². The van der Waals surface area contributed by atoms with Gasteiger partial charge in [-0.3, -0.25) is 14.9 Å². The molecule has 0 unspecified atom stereocenters. The SMILES string of the molecule is CCOc1cc(/C=C2\C(=O)NC(=O)N(c3ccc(C45CC6CC(CC(C6)C4)C5)cc3)C2=O)c(Br)c(Br)c1O. The van der Waals surface area contributed by atoms with Crippen LogP contribution in [0.25, 0.3) is 6.08 Å². The minimum absolute atomic E-state index is 0.101. The van der Waals surface area contributed by atoms with Crippen LogP contribution in [0.4, 0.5) is 10.5 Å². The van der Waals surface area contributed by atoms with Gasteiger partial charge in [0.05, 0.1) is 16.8 Å². The van der Waals surface area contributed by atoms with Gasteiger partial charge in [0.2, 0.25) is 0 Å². The van der Waals surface area contributed by atoms with E-state index in [1.807, 2.05) is 12.1 Å². The molecule has 4 aliphatic carbocycles. The van der Waals surface area contributed by atoms with Gasteiger partial charge in [0.1, 0.15) is 5.57 Å². The summed E-state index contributed by atoms with van der Waals surface area (Å²) < 4.78 is 6.25. The Morgan fingerprint density at radius 1 is 1.03 bits per heavy atom. The van der Waals surface area contributed by atoms with Crippen molar-refractivity contribution in [1.29, 1.82) is 0 Å². The molecule has 2 aromatic carbocycles. The van der Waals surface area contributed by atoms with Crippen LogP contribution in [0.5, 0.6) is 11.5 Å². The first kappa shape index (κ1) is 25.6. The molecule has 0 radical (unpaired) electrons. The molecule has 38 heavy (non-hydrogen) atoms. The first-order chi connectivity index (χ1) is 18.2. The molecule has 2 aromatic rings. The fourth-order valence-electron chi connectivity index (χ4n) is 7.46. The van der Waals surface area contributed by atoms with Gasteiger partial charge in [-0.2, -0.15) is 0 Å². The van der Waals surface area contributed by atoms with E-state index < -0.39 is 17.8 Å². The lowest BCUT2D eigenvalue weighted by Gasteiger charge is -2.57. The fraction of sp³-hybridized carbons (Fsp3) is 0.414. The van der Waals surface area contributed by atoms with Crippen molar-refractivity contribution in [2.24, 2.45) is 17.8 Å².